The van der Waals surface area contributed by atoms with E-state index in [0.717, 1.165) is 11.6 Å². The molecule has 8 heteroatoms. The summed E-state index contributed by atoms with van der Waals surface area (Å²) in [4.78, 5) is 10.6. The van der Waals surface area contributed by atoms with E-state index in [2.05, 4.69) is 29.4 Å². The monoisotopic (exact) mass is 326 g/mol. The van der Waals surface area contributed by atoms with E-state index in [1.165, 1.54) is 17.4 Å². The van der Waals surface area contributed by atoms with Crippen molar-refractivity contribution in [1.82, 2.24) is 15.5 Å². The third kappa shape index (κ3) is 4.20. The first-order valence-corrected chi connectivity index (χ1v) is 7.64. The highest BCUT2D eigenvalue weighted by molar-refractivity contribution is 7.14. The van der Waals surface area contributed by atoms with Crippen molar-refractivity contribution in [2.45, 2.75) is 20.4 Å². The maximum absolute atomic E-state index is 11.1. The number of nitro benzene ring substituents is 1. The summed E-state index contributed by atoms with van der Waals surface area (Å²) in [6.45, 7) is 5.73. The van der Waals surface area contributed by atoms with E-state index in [-0.39, 0.29) is 5.69 Å². The Morgan fingerprint density at radius 1 is 1.43 bits per heavy atom. The Labute approximate surface area is 131 Å². The van der Waals surface area contributed by atoms with Gasteiger partial charge in [0, 0.05) is 17.6 Å². The van der Waals surface area contributed by atoms with E-state index in [1.54, 1.807) is 12.1 Å². The molecule has 1 N–H and O–H groups in total. The van der Waals surface area contributed by atoms with E-state index < -0.39 is 4.92 Å². The second-order valence-electron chi connectivity index (χ2n) is 4.94. The zero-order valence-corrected chi connectivity index (χ0v) is 13.2. The van der Waals surface area contributed by atoms with Gasteiger partial charge in [0.25, 0.3) is 5.69 Å². The standard InChI is InChI=1S/C13H15ClN4O2S/c1-8(2)6-15-7-12-16-17-13(21-12)10-4-3-9(14)5-11(10)18(19)20/h3-5,8,15H,6-7H2,1-2H3. The predicted molar refractivity (Wildman–Crippen MR) is 83.6 cm³/mol. The van der Waals surface area contributed by atoms with Crippen molar-refractivity contribution in [1.29, 1.82) is 0 Å². The topological polar surface area (TPSA) is 81.0 Å². The number of aromatic nitrogens is 2. The van der Waals surface area contributed by atoms with Crippen LogP contribution in [0.4, 0.5) is 5.69 Å². The first kappa shape index (κ1) is 15.8. The van der Waals surface area contributed by atoms with Crippen LogP contribution >= 0.6 is 22.9 Å². The molecule has 21 heavy (non-hydrogen) atoms. The molecule has 0 unspecified atom stereocenters. The molecule has 0 amide bonds. The smallest absolute Gasteiger partial charge is 0.281 e. The normalized spacial score (nSPS) is 11.0. The van der Waals surface area contributed by atoms with Crippen LogP contribution in [-0.2, 0) is 6.54 Å². The van der Waals surface area contributed by atoms with Crippen LogP contribution in [0.25, 0.3) is 10.6 Å². The summed E-state index contributed by atoms with van der Waals surface area (Å²) in [5.41, 5.74) is 0.386. The molecule has 0 aliphatic heterocycles. The van der Waals surface area contributed by atoms with E-state index in [1.807, 2.05) is 0 Å². The van der Waals surface area contributed by atoms with Gasteiger partial charge in [0.05, 0.1) is 10.5 Å². The fourth-order valence-corrected chi connectivity index (χ4v) is 2.75. The first-order valence-electron chi connectivity index (χ1n) is 6.44. The number of nitrogens with one attached hydrogen (secondary N) is 1. The Kier molecular flexibility index (Phi) is 5.22. The molecule has 2 rings (SSSR count). The molecule has 1 aromatic heterocycles. The summed E-state index contributed by atoms with van der Waals surface area (Å²) < 4.78 is 0. The lowest BCUT2D eigenvalue weighted by atomic mass is 10.2. The van der Waals surface area contributed by atoms with Crippen molar-refractivity contribution in [3.05, 3.63) is 38.3 Å². The summed E-state index contributed by atoms with van der Waals surface area (Å²) in [6.07, 6.45) is 0. The van der Waals surface area contributed by atoms with Crippen LogP contribution in [0, 0.1) is 16.0 Å². The Morgan fingerprint density at radius 3 is 2.86 bits per heavy atom. The Morgan fingerprint density at radius 2 is 2.19 bits per heavy atom. The second-order valence-corrected chi connectivity index (χ2v) is 6.44. The molecule has 0 radical (unpaired) electrons. The number of benzene rings is 1. The maximum atomic E-state index is 11.1. The van der Waals surface area contributed by atoms with Gasteiger partial charge in [-0.05, 0) is 24.6 Å². The fourth-order valence-electron chi connectivity index (χ4n) is 1.74. The lowest BCUT2D eigenvalue weighted by molar-refractivity contribution is -0.384. The summed E-state index contributed by atoms with van der Waals surface area (Å²) in [5, 5.41) is 24.1. The SMILES string of the molecule is CC(C)CNCc1nnc(-c2ccc(Cl)cc2[N+](=O)[O-])s1. The third-order valence-electron chi connectivity index (χ3n) is 2.68. The number of hydrogen-bond acceptors (Lipinski definition) is 6. The molecular weight excluding hydrogens is 312 g/mol. The molecule has 0 atom stereocenters. The molecule has 6 nitrogen and oxygen atoms in total. The van der Waals surface area contributed by atoms with Gasteiger partial charge >= 0.3 is 0 Å². The molecule has 0 spiro atoms. The van der Waals surface area contributed by atoms with Crippen molar-refractivity contribution in [2.24, 2.45) is 5.92 Å². The molecule has 0 bridgehead atoms. The second kappa shape index (κ2) is 6.93. The average molecular weight is 327 g/mol. The van der Waals surface area contributed by atoms with Crippen LogP contribution in [0.15, 0.2) is 18.2 Å². The minimum Gasteiger partial charge on any atom is -0.310 e. The number of halogens is 1. The lowest BCUT2D eigenvalue weighted by Crippen LogP contribution is -2.18. The number of nitrogens with zero attached hydrogens (tertiary/aromatic N) is 3. The number of hydrogen-bond donors (Lipinski definition) is 1. The van der Waals surface area contributed by atoms with Crippen LogP contribution in [0.2, 0.25) is 5.02 Å². The van der Waals surface area contributed by atoms with Gasteiger partial charge in [0.2, 0.25) is 0 Å². The number of nitro groups is 1. The summed E-state index contributed by atoms with van der Waals surface area (Å²) in [5.74, 6) is 0.551. The van der Waals surface area contributed by atoms with Gasteiger partial charge in [-0.2, -0.15) is 0 Å². The molecular formula is C13H15ClN4O2S. The minimum absolute atomic E-state index is 0.0552. The summed E-state index contributed by atoms with van der Waals surface area (Å²) in [7, 11) is 0. The molecule has 0 fully saturated rings. The molecule has 1 aromatic carbocycles. The lowest BCUT2D eigenvalue weighted by Gasteiger charge is -2.04. The average Bonchev–Trinajstić information content (AvgIpc) is 2.86. The predicted octanol–water partition coefficient (Wildman–Crippen LogP) is 3.51. The zero-order chi connectivity index (χ0) is 15.4. The maximum Gasteiger partial charge on any atom is 0.281 e. The van der Waals surface area contributed by atoms with Crippen LogP contribution < -0.4 is 5.32 Å². The Hall–Kier alpha value is -1.57. The Balaban J connectivity index is 2.19. The minimum atomic E-state index is -0.459. The van der Waals surface area contributed by atoms with Crippen LogP contribution in [0.3, 0.4) is 0 Å². The highest BCUT2D eigenvalue weighted by Gasteiger charge is 2.19. The Bertz CT molecular complexity index is 645. The highest BCUT2D eigenvalue weighted by atomic mass is 35.5. The third-order valence-corrected chi connectivity index (χ3v) is 3.87. The molecule has 0 saturated carbocycles. The molecule has 1 heterocycles. The largest absolute Gasteiger partial charge is 0.310 e. The van der Waals surface area contributed by atoms with Crippen molar-refractivity contribution in [2.75, 3.05) is 6.54 Å². The molecule has 0 aliphatic rings. The zero-order valence-electron chi connectivity index (χ0n) is 11.7. The summed E-state index contributed by atoms with van der Waals surface area (Å²) >= 11 is 7.15. The van der Waals surface area contributed by atoms with Crippen molar-refractivity contribution in [3.63, 3.8) is 0 Å². The molecule has 112 valence electrons. The molecule has 0 saturated heterocycles. The van der Waals surface area contributed by atoms with E-state index in [4.69, 9.17) is 11.6 Å². The van der Waals surface area contributed by atoms with E-state index in [0.29, 0.717) is 28.1 Å². The van der Waals surface area contributed by atoms with Crippen LogP contribution in [0.1, 0.15) is 18.9 Å². The van der Waals surface area contributed by atoms with Gasteiger partial charge < -0.3 is 5.32 Å². The number of rotatable bonds is 6. The van der Waals surface area contributed by atoms with E-state index in [9.17, 15) is 10.1 Å². The van der Waals surface area contributed by atoms with Gasteiger partial charge in [-0.25, -0.2) is 0 Å². The van der Waals surface area contributed by atoms with Gasteiger partial charge in [-0.3, -0.25) is 10.1 Å². The summed E-state index contributed by atoms with van der Waals surface area (Å²) in [6, 6.07) is 4.54. The highest BCUT2D eigenvalue weighted by Crippen LogP contribution is 2.33. The van der Waals surface area contributed by atoms with Gasteiger partial charge in [0.1, 0.15) is 5.01 Å². The van der Waals surface area contributed by atoms with Gasteiger partial charge in [0.15, 0.2) is 5.01 Å². The van der Waals surface area contributed by atoms with Crippen molar-refractivity contribution in [3.8, 4) is 10.6 Å². The first-order chi connectivity index (χ1) is 9.97. The fraction of sp³-hybridized carbons (Fsp3) is 0.385. The van der Waals surface area contributed by atoms with Crippen LogP contribution in [0.5, 0.6) is 0 Å². The molecule has 0 aliphatic carbocycles. The van der Waals surface area contributed by atoms with Crippen molar-refractivity contribution < 1.29 is 4.92 Å². The molecule has 2 aromatic rings. The van der Waals surface area contributed by atoms with Crippen molar-refractivity contribution >= 4 is 28.6 Å². The van der Waals surface area contributed by atoms with Crippen LogP contribution in [-0.4, -0.2) is 21.7 Å². The quantitative estimate of drug-likeness (QED) is 0.649. The van der Waals surface area contributed by atoms with Gasteiger partial charge in [-0.15, -0.1) is 10.2 Å². The van der Waals surface area contributed by atoms with E-state index >= 15 is 0 Å². The van der Waals surface area contributed by atoms with Gasteiger partial charge in [-0.1, -0.05) is 36.8 Å².